The van der Waals surface area contributed by atoms with Crippen molar-refractivity contribution in [1.29, 1.82) is 0 Å². The quantitative estimate of drug-likeness (QED) is 0.129. The average Bonchev–Trinajstić information content (AvgIpc) is 4.27. The van der Waals surface area contributed by atoms with Crippen LogP contribution < -0.4 is 15.8 Å². The van der Waals surface area contributed by atoms with Gasteiger partial charge in [0, 0.05) is 75.6 Å². The van der Waals surface area contributed by atoms with Gasteiger partial charge in [0.25, 0.3) is 0 Å². The van der Waals surface area contributed by atoms with Crippen molar-refractivity contribution in [3.63, 3.8) is 0 Å². The first-order valence-electron chi connectivity index (χ1n) is 27.1. The van der Waals surface area contributed by atoms with Crippen LogP contribution in [0.1, 0.15) is 102 Å². The number of fused-ring (bicyclic) bond motifs is 16. The van der Waals surface area contributed by atoms with E-state index in [9.17, 15) is 0 Å². The Morgan fingerprint density at radius 1 is 0.461 bits per heavy atom. The number of para-hydroxylation sites is 2. The van der Waals surface area contributed by atoms with Crippen LogP contribution in [0.2, 0.25) is 0 Å². The van der Waals surface area contributed by atoms with Crippen LogP contribution in [0, 0.1) is 0 Å². The van der Waals surface area contributed by atoms with Gasteiger partial charge in [-0.1, -0.05) is 202 Å². The van der Waals surface area contributed by atoms with Gasteiger partial charge < -0.3 is 13.8 Å². The van der Waals surface area contributed by atoms with E-state index < -0.39 is 0 Å². The van der Waals surface area contributed by atoms with E-state index in [2.05, 4.69) is 260 Å². The maximum absolute atomic E-state index is 7.04. The van der Waals surface area contributed by atoms with Crippen LogP contribution >= 0.6 is 11.3 Å². The van der Waals surface area contributed by atoms with E-state index in [-0.39, 0.29) is 29.0 Å². The van der Waals surface area contributed by atoms with Crippen LogP contribution in [0.3, 0.4) is 0 Å². The fourth-order valence-electron chi connectivity index (χ4n) is 13.3. The molecule has 0 fully saturated rings. The largest absolute Gasteiger partial charge is 0.454 e. The molecule has 0 unspecified atom stereocenters. The van der Waals surface area contributed by atoms with Crippen LogP contribution in [0.25, 0.3) is 85.8 Å². The Bertz CT molecular complexity index is 4530. The number of hydrogen-bond acceptors (Lipinski definition) is 3. The van der Waals surface area contributed by atoms with Crippen molar-refractivity contribution < 1.29 is 4.42 Å². The lowest BCUT2D eigenvalue weighted by atomic mass is 9.44. The minimum absolute atomic E-state index is 0.0275. The van der Waals surface area contributed by atoms with Gasteiger partial charge in [0.1, 0.15) is 5.58 Å². The molecule has 0 aliphatic carbocycles. The summed E-state index contributed by atoms with van der Waals surface area (Å²) < 4.78 is 12.4. The molecule has 13 aromatic rings. The summed E-state index contributed by atoms with van der Waals surface area (Å²) in [4.78, 5) is 2.57. The normalized spacial score (nSPS) is 13.7. The molecule has 0 atom stereocenters. The third-order valence-electron chi connectivity index (χ3n) is 17.1. The number of thiophene rings is 1. The van der Waals surface area contributed by atoms with Crippen molar-refractivity contribution in [2.45, 2.75) is 84.5 Å². The molecular formula is C71H59BN2OS. The maximum Gasteiger partial charge on any atom is 0.333 e. The van der Waals surface area contributed by atoms with E-state index in [1.54, 1.807) is 0 Å². The third-order valence-corrected chi connectivity index (χ3v) is 18.3. The van der Waals surface area contributed by atoms with E-state index in [4.69, 9.17) is 4.42 Å². The molecule has 2 aliphatic heterocycles. The van der Waals surface area contributed by atoms with E-state index >= 15 is 0 Å². The van der Waals surface area contributed by atoms with Crippen molar-refractivity contribution >= 4 is 121 Å². The molecule has 0 amide bonds. The highest BCUT2D eigenvalue weighted by Gasteiger charge is 2.45. The van der Waals surface area contributed by atoms with Gasteiger partial charge in [0.15, 0.2) is 5.58 Å². The van der Waals surface area contributed by atoms with Crippen LogP contribution in [-0.2, 0) is 16.2 Å². The van der Waals surface area contributed by atoms with Crippen molar-refractivity contribution in [3.8, 4) is 11.1 Å². The Hall–Kier alpha value is -7.86. The Morgan fingerprint density at radius 3 is 1.80 bits per heavy atom. The highest BCUT2D eigenvalue weighted by molar-refractivity contribution is 7.26. The Morgan fingerprint density at radius 2 is 1.09 bits per heavy atom. The van der Waals surface area contributed by atoms with Gasteiger partial charge in [0.2, 0.25) is 0 Å². The van der Waals surface area contributed by atoms with E-state index in [1.807, 2.05) is 11.3 Å². The second kappa shape index (κ2) is 15.8. The SMILES string of the molecule is CC(C)(C)c1ccc(C(c2ccc(C(C)(C)C)cc2)c2ccc3c(c2)B2c4c(cc5sc6ccccc6c5c4-c4cc(C(C)(C)C)cc5c6c7ccccc7ccc6n2c45)N3c2cccc3c2oc2ccccc23)cc1. The molecule has 368 valence electrons. The lowest BCUT2D eigenvalue weighted by Crippen LogP contribution is -2.56. The number of nitrogens with zero attached hydrogens (tertiary/aromatic N) is 2. The minimum Gasteiger partial charge on any atom is -0.454 e. The Kier molecular flexibility index (Phi) is 9.49. The highest BCUT2D eigenvalue weighted by atomic mass is 32.1. The summed E-state index contributed by atoms with van der Waals surface area (Å²) in [5.74, 6) is -0.0275. The number of aromatic nitrogens is 1. The van der Waals surface area contributed by atoms with Gasteiger partial charge in [-0.3, -0.25) is 0 Å². The number of benzene rings is 10. The Balaban J connectivity index is 1.11. The predicted molar refractivity (Wildman–Crippen MR) is 328 cm³/mol. The number of hydrogen-bond donors (Lipinski definition) is 0. The van der Waals surface area contributed by atoms with Crippen molar-refractivity contribution in [1.82, 2.24) is 4.48 Å². The number of furan rings is 1. The lowest BCUT2D eigenvalue weighted by Gasteiger charge is -2.41. The topological polar surface area (TPSA) is 21.3 Å². The first kappa shape index (κ1) is 45.5. The van der Waals surface area contributed by atoms with Gasteiger partial charge in [-0.05, 0) is 125 Å². The molecule has 76 heavy (non-hydrogen) atoms. The molecule has 0 spiro atoms. The van der Waals surface area contributed by atoms with Crippen LogP contribution in [-0.4, -0.2) is 11.3 Å². The molecule has 15 rings (SSSR count). The van der Waals surface area contributed by atoms with Crippen LogP contribution in [0.5, 0.6) is 0 Å². The van der Waals surface area contributed by atoms with Gasteiger partial charge in [0.05, 0.1) is 5.69 Å². The summed E-state index contributed by atoms with van der Waals surface area (Å²) in [5, 5.41) is 10.1. The molecule has 5 heteroatoms. The summed E-state index contributed by atoms with van der Waals surface area (Å²) in [6, 6.07) is 72.2. The smallest absolute Gasteiger partial charge is 0.333 e. The Labute approximate surface area is 449 Å². The van der Waals surface area contributed by atoms with Crippen LogP contribution in [0.15, 0.2) is 192 Å². The van der Waals surface area contributed by atoms with Crippen LogP contribution in [0.4, 0.5) is 17.1 Å². The monoisotopic (exact) mass is 998 g/mol. The van der Waals surface area contributed by atoms with Gasteiger partial charge in [-0.2, -0.15) is 0 Å². The first-order chi connectivity index (χ1) is 36.6. The van der Waals surface area contributed by atoms with Crippen molar-refractivity contribution in [2.24, 2.45) is 0 Å². The zero-order valence-corrected chi connectivity index (χ0v) is 45.6. The van der Waals surface area contributed by atoms with E-state index in [0.717, 1.165) is 33.3 Å². The third kappa shape index (κ3) is 6.54. The molecule has 2 aliphatic rings. The number of anilines is 3. The minimum atomic E-state index is -0.171. The summed E-state index contributed by atoms with van der Waals surface area (Å²) in [5.41, 5.74) is 20.8. The zero-order chi connectivity index (χ0) is 51.7. The fraction of sp³-hybridized carbons (Fsp3) is 0.183. The van der Waals surface area contributed by atoms with Gasteiger partial charge in [-0.15, -0.1) is 11.3 Å². The molecule has 0 saturated carbocycles. The molecular weight excluding hydrogens is 940 g/mol. The molecule has 0 radical (unpaired) electrons. The van der Waals surface area contributed by atoms with Crippen molar-refractivity contribution in [3.05, 3.63) is 221 Å². The average molecular weight is 999 g/mol. The molecule has 5 heterocycles. The zero-order valence-electron chi connectivity index (χ0n) is 44.8. The summed E-state index contributed by atoms with van der Waals surface area (Å²) >= 11 is 1.91. The standard InChI is InChI=1S/C71H59BN2OS/c1-69(2,3)45-31-25-42(26-32-45)62(43-27-33-46(34-28-43)70(4,5)6)44-30-35-55-54(37-44)72-66-58(73(55)57-22-16-21-50-49-19-12-14-23-59(49)75-68(50)57)40-61-64(51-20-13-15-24-60(51)76-61)65(66)53-39-47(71(7,8)9)38-52-63-48-18-11-10-17-41(48)29-36-56(63)74(72)67(52)53/h10-40,62H,1-9H3. The summed E-state index contributed by atoms with van der Waals surface area (Å²) in [7, 11) is 0. The molecule has 0 bridgehead atoms. The first-order valence-corrected chi connectivity index (χ1v) is 28.0. The summed E-state index contributed by atoms with van der Waals surface area (Å²) in [6.45, 7) is 20.8. The van der Waals surface area contributed by atoms with Gasteiger partial charge in [-0.25, -0.2) is 0 Å². The number of rotatable bonds is 4. The molecule has 10 aromatic carbocycles. The second-order valence-electron chi connectivity index (χ2n) is 24.9. The van der Waals surface area contributed by atoms with Gasteiger partial charge >= 0.3 is 6.85 Å². The summed E-state index contributed by atoms with van der Waals surface area (Å²) in [6.07, 6.45) is 0. The highest BCUT2D eigenvalue weighted by Crippen LogP contribution is 2.53. The second-order valence-corrected chi connectivity index (χ2v) is 25.9. The molecule has 3 nitrogen and oxygen atoms in total. The predicted octanol–water partition coefficient (Wildman–Crippen LogP) is 18.7. The van der Waals surface area contributed by atoms with E-state index in [1.165, 1.54) is 114 Å². The maximum atomic E-state index is 7.04. The van der Waals surface area contributed by atoms with E-state index in [0.29, 0.717) is 0 Å². The van der Waals surface area contributed by atoms with Crippen molar-refractivity contribution in [2.75, 3.05) is 4.90 Å². The fourth-order valence-corrected chi connectivity index (χ4v) is 14.4. The molecule has 0 saturated heterocycles. The molecule has 3 aromatic heterocycles. The lowest BCUT2D eigenvalue weighted by molar-refractivity contribution is 0.589. The molecule has 0 N–H and O–H groups in total.